The molecule has 8 heteroatoms. The van der Waals surface area contributed by atoms with E-state index in [1.807, 2.05) is 30.3 Å². The summed E-state index contributed by atoms with van der Waals surface area (Å²) < 4.78 is 10.3. The van der Waals surface area contributed by atoms with Crippen LogP contribution in [0.1, 0.15) is 38.3 Å². The lowest BCUT2D eigenvalue weighted by Crippen LogP contribution is -2.23. The number of amides is 2. The Kier molecular flexibility index (Phi) is 8.23. The number of aryl methyl sites for hydroxylation is 1. The molecule has 0 spiro atoms. The molecule has 34 heavy (non-hydrogen) atoms. The molecule has 0 aliphatic carbocycles. The second-order valence-corrected chi connectivity index (χ2v) is 7.47. The van der Waals surface area contributed by atoms with E-state index in [0.29, 0.717) is 30.7 Å². The van der Waals surface area contributed by atoms with Crippen LogP contribution < -0.4 is 20.1 Å². The maximum absolute atomic E-state index is 12.7. The molecule has 0 aliphatic heterocycles. The van der Waals surface area contributed by atoms with Crippen LogP contribution in [0.15, 0.2) is 66.7 Å². The number of benzene rings is 3. The average molecular weight is 463 g/mol. The summed E-state index contributed by atoms with van der Waals surface area (Å²) in [7, 11) is 2.82. The molecule has 0 saturated heterocycles. The second-order valence-electron chi connectivity index (χ2n) is 7.47. The Morgan fingerprint density at radius 1 is 0.853 bits per heavy atom. The smallest absolute Gasteiger partial charge is 0.337 e. The van der Waals surface area contributed by atoms with Gasteiger partial charge >= 0.3 is 5.97 Å². The first-order chi connectivity index (χ1) is 16.4. The minimum Gasteiger partial charge on any atom is -0.493 e. The third-order valence-electron chi connectivity index (χ3n) is 5.19. The van der Waals surface area contributed by atoms with Gasteiger partial charge in [-0.3, -0.25) is 9.59 Å². The Hall–Kier alpha value is -4.33. The molecule has 0 heterocycles. The highest BCUT2D eigenvalue weighted by molar-refractivity contribution is 6.08. The van der Waals surface area contributed by atoms with E-state index in [9.17, 15) is 19.5 Å². The Morgan fingerprint density at radius 2 is 1.50 bits per heavy atom. The maximum Gasteiger partial charge on any atom is 0.337 e. The van der Waals surface area contributed by atoms with Gasteiger partial charge in [0.05, 0.1) is 25.5 Å². The van der Waals surface area contributed by atoms with Crippen LogP contribution in [0.3, 0.4) is 0 Å². The van der Waals surface area contributed by atoms with Crippen LogP contribution in [0.5, 0.6) is 11.5 Å². The Morgan fingerprint density at radius 3 is 2.12 bits per heavy atom. The number of rotatable bonds is 10. The van der Waals surface area contributed by atoms with E-state index in [1.165, 1.54) is 26.4 Å². The van der Waals surface area contributed by atoms with Crippen molar-refractivity contribution in [1.82, 2.24) is 5.32 Å². The van der Waals surface area contributed by atoms with Crippen molar-refractivity contribution in [3.63, 3.8) is 0 Å². The largest absolute Gasteiger partial charge is 0.493 e. The van der Waals surface area contributed by atoms with E-state index in [-0.39, 0.29) is 22.9 Å². The van der Waals surface area contributed by atoms with Crippen LogP contribution in [-0.2, 0) is 17.8 Å². The van der Waals surface area contributed by atoms with Gasteiger partial charge < -0.3 is 25.2 Å². The number of hydrogen-bond donors (Lipinski definition) is 3. The van der Waals surface area contributed by atoms with Crippen molar-refractivity contribution in [3.8, 4) is 11.5 Å². The summed E-state index contributed by atoms with van der Waals surface area (Å²) in [4.78, 5) is 36.4. The molecule has 3 aromatic rings. The van der Waals surface area contributed by atoms with Crippen molar-refractivity contribution in [2.75, 3.05) is 19.5 Å². The first-order valence-corrected chi connectivity index (χ1v) is 10.6. The third-order valence-corrected chi connectivity index (χ3v) is 5.19. The standard InChI is InChI=1S/C26H26N2O6/c1-33-22-14-20(26(31)32)21(15-23(22)34-2)28-25(30)19-11-8-18(9-12-19)16-27-24(29)13-10-17-6-4-3-5-7-17/h3-9,11-12,14-15H,10,13,16H2,1-2H3,(H,27,29)(H,28,30)(H,31,32). The molecule has 0 fully saturated rings. The summed E-state index contributed by atoms with van der Waals surface area (Å²) in [6, 6.07) is 19.2. The van der Waals surface area contributed by atoms with Crippen molar-refractivity contribution >= 4 is 23.5 Å². The molecular formula is C26H26N2O6. The minimum absolute atomic E-state index is 0.0553. The molecule has 0 aromatic heterocycles. The predicted molar refractivity (Wildman–Crippen MR) is 128 cm³/mol. The average Bonchev–Trinajstić information content (AvgIpc) is 2.86. The molecule has 0 saturated carbocycles. The summed E-state index contributed by atoms with van der Waals surface area (Å²) >= 11 is 0. The highest BCUT2D eigenvalue weighted by atomic mass is 16.5. The van der Waals surface area contributed by atoms with E-state index in [2.05, 4.69) is 10.6 Å². The summed E-state index contributed by atoms with van der Waals surface area (Å²) in [5.74, 6) is -1.21. The zero-order valence-corrected chi connectivity index (χ0v) is 19.0. The monoisotopic (exact) mass is 462 g/mol. The van der Waals surface area contributed by atoms with E-state index >= 15 is 0 Å². The first kappa shape index (κ1) is 24.3. The van der Waals surface area contributed by atoms with Crippen molar-refractivity contribution in [2.24, 2.45) is 0 Å². The Balaban J connectivity index is 1.60. The molecule has 176 valence electrons. The molecule has 2 amide bonds. The highest BCUT2D eigenvalue weighted by Crippen LogP contribution is 2.33. The fraction of sp³-hybridized carbons (Fsp3) is 0.192. The van der Waals surface area contributed by atoms with E-state index in [1.54, 1.807) is 24.3 Å². The normalized spacial score (nSPS) is 10.3. The fourth-order valence-corrected chi connectivity index (χ4v) is 3.32. The molecule has 8 nitrogen and oxygen atoms in total. The number of methoxy groups -OCH3 is 2. The molecule has 0 bridgehead atoms. The molecular weight excluding hydrogens is 436 g/mol. The summed E-state index contributed by atoms with van der Waals surface area (Å²) in [6.07, 6.45) is 1.06. The minimum atomic E-state index is -1.21. The van der Waals surface area contributed by atoms with Crippen molar-refractivity contribution < 1.29 is 29.0 Å². The van der Waals surface area contributed by atoms with Gasteiger partial charge in [-0.05, 0) is 29.7 Å². The van der Waals surface area contributed by atoms with E-state index in [4.69, 9.17) is 9.47 Å². The van der Waals surface area contributed by atoms with E-state index < -0.39 is 11.9 Å². The molecule has 0 aliphatic rings. The number of ether oxygens (including phenoxy) is 2. The van der Waals surface area contributed by atoms with Gasteiger partial charge in [0.15, 0.2) is 11.5 Å². The number of carboxylic acids is 1. The zero-order valence-electron chi connectivity index (χ0n) is 19.0. The van der Waals surface area contributed by atoms with Gasteiger partial charge in [0.2, 0.25) is 5.91 Å². The van der Waals surface area contributed by atoms with Crippen molar-refractivity contribution in [3.05, 3.63) is 89.0 Å². The molecule has 0 atom stereocenters. The maximum atomic E-state index is 12.7. The van der Waals surface area contributed by atoms with Gasteiger partial charge in [0.25, 0.3) is 5.91 Å². The van der Waals surface area contributed by atoms with Crippen molar-refractivity contribution in [2.45, 2.75) is 19.4 Å². The third kappa shape index (κ3) is 6.35. The Labute approximate surface area is 197 Å². The SMILES string of the molecule is COc1cc(NC(=O)c2ccc(CNC(=O)CCc3ccccc3)cc2)c(C(=O)O)cc1OC. The molecule has 0 radical (unpaired) electrons. The quantitative estimate of drug-likeness (QED) is 0.421. The lowest BCUT2D eigenvalue weighted by molar-refractivity contribution is -0.121. The molecule has 0 unspecified atom stereocenters. The number of carboxylic acid groups (broad SMARTS) is 1. The lowest BCUT2D eigenvalue weighted by atomic mass is 10.1. The van der Waals surface area contributed by atoms with Crippen LogP contribution >= 0.6 is 0 Å². The summed E-state index contributed by atoms with van der Waals surface area (Å²) in [5.41, 5.74) is 2.24. The number of hydrogen-bond acceptors (Lipinski definition) is 5. The fourth-order valence-electron chi connectivity index (χ4n) is 3.32. The lowest BCUT2D eigenvalue weighted by Gasteiger charge is -2.14. The highest BCUT2D eigenvalue weighted by Gasteiger charge is 2.18. The molecule has 3 aromatic carbocycles. The van der Waals surface area contributed by atoms with E-state index in [0.717, 1.165) is 11.1 Å². The number of anilines is 1. The van der Waals surface area contributed by atoms with Gasteiger partial charge in [0.1, 0.15) is 0 Å². The van der Waals surface area contributed by atoms with Crippen molar-refractivity contribution in [1.29, 1.82) is 0 Å². The molecule has 3 rings (SSSR count). The van der Waals surface area contributed by atoms with Crippen LogP contribution in [0.2, 0.25) is 0 Å². The summed E-state index contributed by atoms with van der Waals surface area (Å²) in [6.45, 7) is 0.342. The number of nitrogens with one attached hydrogen (secondary N) is 2. The second kappa shape index (κ2) is 11.5. The predicted octanol–water partition coefficient (Wildman–Crippen LogP) is 3.90. The first-order valence-electron chi connectivity index (χ1n) is 10.6. The molecule has 3 N–H and O–H groups in total. The van der Waals surface area contributed by atoms with Crippen LogP contribution in [0, 0.1) is 0 Å². The van der Waals surface area contributed by atoms with Gasteiger partial charge in [-0.2, -0.15) is 0 Å². The zero-order chi connectivity index (χ0) is 24.5. The number of carbonyl (C=O) groups is 3. The van der Waals surface area contributed by atoms with Gasteiger partial charge in [-0.15, -0.1) is 0 Å². The van der Waals surface area contributed by atoms with Crippen LogP contribution in [0.4, 0.5) is 5.69 Å². The van der Waals surface area contributed by atoms with Crippen LogP contribution in [-0.4, -0.2) is 37.1 Å². The van der Waals surface area contributed by atoms with Crippen LogP contribution in [0.25, 0.3) is 0 Å². The number of aromatic carboxylic acids is 1. The summed E-state index contributed by atoms with van der Waals surface area (Å²) in [5, 5.41) is 15.0. The number of carbonyl (C=O) groups excluding carboxylic acids is 2. The van der Waals surface area contributed by atoms with Gasteiger partial charge in [0, 0.05) is 30.7 Å². The van der Waals surface area contributed by atoms with Gasteiger partial charge in [-0.1, -0.05) is 42.5 Å². The van der Waals surface area contributed by atoms with Gasteiger partial charge in [-0.25, -0.2) is 4.79 Å². The Bertz CT molecular complexity index is 1160. The topological polar surface area (TPSA) is 114 Å².